The van der Waals surface area contributed by atoms with E-state index in [0.717, 1.165) is 25.7 Å². The number of carbonyl (C=O) groups excluding carboxylic acids is 5. The number of aliphatic hydroxyl groups is 1. The molecule has 0 spiro atoms. The predicted octanol–water partition coefficient (Wildman–Crippen LogP) is 1.74. The topological polar surface area (TPSA) is 218 Å². The van der Waals surface area contributed by atoms with Gasteiger partial charge in [-0.05, 0) is 25.0 Å². The summed E-state index contributed by atoms with van der Waals surface area (Å²) in [4.78, 5) is 65.7. The molecule has 0 radical (unpaired) electrons. The van der Waals surface area contributed by atoms with Gasteiger partial charge in [-0.3, -0.25) is 24.0 Å². The maximum Gasteiger partial charge on any atom is 0.235 e. The van der Waals surface area contributed by atoms with E-state index in [9.17, 15) is 44.4 Å². The molecule has 1 unspecified atom stereocenters. The maximum absolute atomic E-state index is 13.8. The SMILES string of the molecule is NC(=O)C1C(=O)C[C@@H]2[C@@H](CC(=O)C3CCCCCC3)c3c(c(O)c4c(O)c(N)ccc4c3O)C(=O)[C@]2(O)C1=O. The van der Waals surface area contributed by atoms with E-state index in [4.69, 9.17) is 11.5 Å². The molecule has 3 aliphatic rings. The van der Waals surface area contributed by atoms with Gasteiger partial charge in [0.05, 0.1) is 16.6 Å². The van der Waals surface area contributed by atoms with Crippen molar-refractivity contribution in [1.29, 1.82) is 0 Å². The quantitative estimate of drug-likeness (QED) is 0.109. The van der Waals surface area contributed by atoms with Crippen LogP contribution in [-0.2, 0) is 19.2 Å². The summed E-state index contributed by atoms with van der Waals surface area (Å²) in [6.45, 7) is 0. The summed E-state index contributed by atoms with van der Waals surface area (Å²) < 4.78 is 0. The lowest BCUT2D eigenvalue weighted by Gasteiger charge is -2.47. The molecule has 0 saturated heterocycles. The van der Waals surface area contributed by atoms with Crippen LogP contribution in [0.1, 0.15) is 73.2 Å². The smallest absolute Gasteiger partial charge is 0.235 e. The zero-order valence-electron chi connectivity index (χ0n) is 21.1. The van der Waals surface area contributed by atoms with Gasteiger partial charge in [-0.1, -0.05) is 25.7 Å². The first-order valence-corrected chi connectivity index (χ1v) is 13.1. The standard InChI is InChI=1S/C28H30N2O9/c29-15-8-7-12-19(23(15)34)24(35)21-18(22(12)33)13(9-16(31)11-5-3-1-2-4-6-11)14-10-17(32)20(27(30)38)25(36)28(14,39)26(21)37/h7-8,11,13-14,20,33-35,39H,1-6,9-10,29H2,(H2,30,38)/t13-,14-,20?,28-/m1/s1. The number of rotatable bonds is 4. The summed E-state index contributed by atoms with van der Waals surface area (Å²) in [6.07, 6.45) is 3.96. The Morgan fingerprint density at radius 1 is 0.949 bits per heavy atom. The van der Waals surface area contributed by atoms with E-state index in [1.807, 2.05) is 0 Å². The number of nitrogens with two attached hydrogens (primary N) is 2. The number of hydrogen-bond acceptors (Lipinski definition) is 10. The van der Waals surface area contributed by atoms with Crippen molar-refractivity contribution in [3.8, 4) is 17.2 Å². The highest BCUT2D eigenvalue weighted by atomic mass is 16.3. The average Bonchev–Trinajstić information content (AvgIpc) is 3.17. The van der Waals surface area contributed by atoms with Crippen LogP contribution in [0.2, 0.25) is 0 Å². The first-order chi connectivity index (χ1) is 18.4. The van der Waals surface area contributed by atoms with E-state index in [1.165, 1.54) is 12.1 Å². The highest BCUT2D eigenvalue weighted by Crippen LogP contribution is 2.57. The lowest BCUT2D eigenvalue weighted by molar-refractivity contribution is -0.159. The minimum absolute atomic E-state index is 0.0772. The van der Waals surface area contributed by atoms with Crippen molar-refractivity contribution in [2.24, 2.45) is 23.5 Å². The molecule has 11 nitrogen and oxygen atoms in total. The van der Waals surface area contributed by atoms with Crippen molar-refractivity contribution >= 4 is 45.5 Å². The van der Waals surface area contributed by atoms with Crippen LogP contribution < -0.4 is 11.5 Å². The van der Waals surface area contributed by atoms with Crippen LogP contribution >= 0.6 is 0 Å². The molecule has 0 aromatic heterocycles. The monoisotopic (exact) mass is 538 g/mol. The molecule has 4 atom stereocenters. The van der Waals surface area contributed by atoms with Gasteiger partial charge in [0.15, 0.2) is 23.1 Å². The van der Waals surface area contributed by atoms with Gasteiger partial charge in [0.2, 0.25) is 11.7 Å². The third kappa shape index (κ3) is 3.78. The molecule has 11 heteroatoms. The van der Waals surface area contributed by atoms with Crippen molar-refractivity contribution in [3.05, 3.63) is 23.3 Å². The second-order valence-corrected chi connectivity index (χ2v) is 10.9. The number of phenolic OH excluding ortho intramolecular Hbond substituents is 3. The Kier molecular flexibility index (Phi) is 6.37. The highest BCUT2D eigenvalue weighted by Gasteiger charge is 2.65. The molecule has 39 heavy (non-hydrogen) atoms. The molecule has 0 heterocycles. The Hall–Kier alpha value is -3.99. The Labute approximate surface area is 222 Å². The third-order valence-electron chi connectivity index (χ3n) is 8.83. The first-order valence-electron chi connectivity index (χ1n) is 13.1. The van der Waals surface area contributed by atoms with Crippen LogP contribution in [0.3, 0.4) is 0 Å². The largest absolute Gasteiger partial charge is 0.507 e. The van der Waals surface area contributed by atoms with Gasteiger partial charge in [0, 0.05) is 41.5 Å². The van der Waals surface area contributed by atoms with Crippen LogP contribution in [0.5, 0.6) is 17.2 Å². The van der Waals surface area contributed by atoms with E-state index in [2.05, 4.69) is 0 Å². The van der Waals surface area contributed by atoms with Crippen molar-refractivity contribution in [2.75, 3.05) is 5.73 Å². The van der Waals surface area contributed by atoms with Crippen LogP contribution in [0.4, 0.5) is 5.69 Å². The fourth-order valence-electron chi connectivity index (χ4n) is 6.80. The van der Waals surface area contributed by atoms with E-state index in [0.29, 0.717) is 12.8 Å². The van der Waals surface area contributed by atoms with Gasteiger partial charge in [-0.15, -0.1) is 0 Å². The minimum Gasteiger partial charge on any atom is -0.507 e. The molecule has 5 rings (SSSR count). The normalized spacial score (nSPS) is 27.6. The summed E-state index contributed by atoms with van der Waals surface area (Å²) in [7, 11) is 0. The van der Waals surface area contributed by atoms with Crippen molar-refractivity contribution in [1.82, 2.24) is 0 Å². The Morgan fingerprint density at radius 2 is 1.59 bits per heavy atom. The maximum atomic E-state index is 13.8. The second-order valence-electron chi connectivity index (χ2n) is 10.9. The number of benzene rings is 2. The summed E-state index contributed by atoms with van der Waals surface area (Å²) in [5.41, 5.74) is 6.99. The van der Waals surface area contributed by atoms with Gasteiger partial charge in [-0.2, -0.15) is 0 Å². The molecule has 206 valence electrons. The number of ketones is 4. The van der Waals surface area contributed by atoms with Crippen molar-refractivity contribution < 1.29 is 44.4 Å². The summed E-state index contributed by atoms with van der Waals surface area (Å²) >= 11 is 0. The van der Waals surface area contributed by atoms with E-state index in [-0.39, 0.29) is 40.1 Å². The fourth-order valence-corrected chi connectivity index (χ4v) is 6.80. The Bertz CT molecular complexity index is 1460. The highest BCUT2D eigenvalue weighted by molar-refractivity contribution is 6.32. The Morgan fingerprint density at radius 3 is 2.21 bits per heavy atom. The van der Waals surface area contributed by atoms with E-state index >= 15 is 0 Å². The number of amides is 1. The number of phenols is 3. The summed E-state index contributed by atoms with van der Waals surface area (Å²) in [5.74, 6) is -12.5. The van der Waals surface area contributed by atoms with E-state index < -0.39 is 75.8 Å². The van der Waals surface area contributed by atoms with Crippen LogP contribution in [0.25, 0.3) is 10.8 Å². The van der Waals surface area contributed by atoms with Gasteiger partial charge in [0.25, 0.3) is 0 Å². The molecule has 2 aromatic carbocycles. The third-order valence-corrected chi connectivity index (χ3v) is 8.83. The summed E-state index contributed by atoms with van der Waals surface area (Å²) in [6, 6.07) is 2.59. The zero-order chi connectivity index (χ0) is 28.4. The fraction of sp³-hybridized carbons (Fsp3) is 0.464. The molecular weight excluding hydrogens is 508 g/mol. The number of carbonyl (C=O) groups is 5. The van der Waals surface area contributed by atoms with Gasteiger partial charge in [-0.25, -0.2) is 0 Å². The van der Waals surface area contributed by atoms with Crippen LogP contribution in [0, 0.1) is 17.8 Å². The lowest BCUT2D eigenvalue weighted by Crippen LogP contribution is -2.65. The number of aromatic hydroxyl groups is 3. The number of nitrogen functional groups attached to an aromatic ring is 1. The molecule has 2 fully saturated rings. The molecule has 3 aliphatic carbocycles. The predicted molar refractivity (Wildman–Crippen MR) is 137 cm³/mol. The van der Waals surface area contributed by atoms with Crippen molar-refractivity contribution in [3.63, 3.8) is 0 Å². The zero-order valence-corrected chi connectivity index (χ0v) is 21.1. The number of Topliss-reactive ketones (excluding diaryl/α,β-unsaturated/α-hetero) is 4. The molecule has 0 aliphatic heterocycles. The number of hydrogen-bond donors (Lipinski definition) is 6. The lowest BCUT2D eigenvalue weighted by atomic mass is 9.55. The summed E-state index contributed by atoms with van der Waals surface area (Å²) in [5, 5.41) is 44.4. The second kappa shape index (κ2) is 9.33. The molecule has 1 amide bonds. The number of fused-ring (bicyclic) bond motifs is 3. The van der Waals surface area contributed by atoms with Gasteiger partial charge in [0.1, 0.15) is 23.0 Å². The van der Waals surface area contributed by atoms with Gasteiger partial charge >= 0.3 is 0 Å². The minimum atomic E-state index is -2.98. The van der Waals surface area contributed by atoms with Crippen molar-refractivity contribution in [2.45, 2.75) is 62.9 Å². The number of primary amides is 1. The van der Waals surface area contributed by atoms with Gasteiger partial charge < -0.3 is 31.9 Å². The first kappa shape index (κ1) is 26.6. The Balaban J connectivity index is 1.76. The molecule has 0 bridgehead atoms. The van der Waals surface area contributed by atoms with Crippen LogP contribution in [0.15, 0.2) is 12.1 Å². The van der Waals surface area contributed by atoms with E-state index in [1.54, 1.807) is 0 Å². The molecule has 2 aromatic rings. The van der Waals surface area contributed by atoms with Crippen LogP contribution in [-0.4, -0.2) is 55.1 Å². The molecule has 2 saturated carbocycles. The average molecular weight is 539 g/mol. The molecule has 8 N–H and O–H groups in total. The number of anilines is 1. The molecular formula is C28H30N2O9.